The van der Waals surface area contributed by atoms with Crippen molar-refractivity contribution in [3.8, 4) is 0 Å². The zero-order chi connectivity index (χ0) is 23.1. The number of piperidine rings is 1. The molecule has 1 saturated heterocycles. The zero-order valence-electron chi connectivity index (χ0n) is 18.4. The molecule has 1 heterocycles. The van der Waals surface area contributed by atoms with E-state index in [1.54, 1.807) is 16.4 Å². The number of hydrogen-bond acceptors (Lipinski definition) is 5. The van der Waals surface area contributed by atoms with Gasteiger partial charge in [0, 0.05) is 31.8 Å². The van der Waals surface area contributed by atoms with Crippen LogP contribution in [0.1, 0.15) is 39.0 Å². The van der Waals surface area contributed by atoms with Crippen molar-refractivity contribution in [3.63, 3.8) is 0 Å². The van der Waals surface area contributed by atoms with Gasteiger partial charge in [0.05, 0.1) is 12.3 Å². The lowest BCUT2D eigenvalue weighted by molar-refractivity contribution is -0.136. The first-order chi connectivity index (χ1) is 15.5. The lowest BCUT2D eigenvalue weighted by Gasteiger charge is -2.37. The van der Waals surface area contributed by atoms with E-state index in [1.807, 2.05) is 36.4 Å². The third kappa shape index (κ3) is 5.44. The number of nitrogens with one attached hydrogen (secondary N) is 1. The molecule has 2 aromatic rings. The molecular formula is C24H31N3O5. The first-order valence-corrected chi connectivity index (χ1v) is 11.1. The molecule has 0 spiro atoms. The van der Waals surface area contributed by atoms with E-state index in [9.17, 15) is 19.5 Å². The number of aliphatic hydroxyl groups excluding tert-OH is 1. The predicted octanol–water partition coefficient (Wildman–Crippen LogP) is 2.47. The molecule has 8 nitrogen and oxygen atoms in total. The number of amides is 3. The number of carbonyl (C=O) groups is 3. The third-order valence-corrected chi connectivity index (χ3v) is 6.20. The molecule has 1 unspecified atom stereocenters. The van der Waals surface area contributed by atoms with Crippen LogP contribution in [0, 0.1) is 5.92 Å². The molecule has 3 N–H and O–H groups in total. The number of anilines is 1. The van der Waals surface area contributed by atoms with Gasteiger partial charge in [-0.2, -0.15) is 0 Å². The molecule has 32 heavy (non-hydrogen) atoms. The highest BCUT2D eigenvalue weighted by atomic mass is 16.5. The quantitative estimate of drug-likeness (QED) is 0.431. The van der Waals surface area contributed by atoms with Gasteiger partial charge in [0.2, 0.25) is 17.7 Å². The van der Waals surface area contributed by atoms with Crippen molar-refractivity contribution in [2.45, 2.75) is 45.1 Å². The molecule has 0 bridgehead atoms. The molecule has 3 amide bonds. The van der Waals surface area contributed by atoms with Gasteiger partial charge in [-0.15, -0.1) is 0 Å². The molecule has 1 aliphatic heterocycles. The zero-order valence-corrected chi connectivity index (χ0v) is 18.4. The lowest BCUT2D eigenvalue weighted by atomic mass is 9.91. The Balaban J connectivity index is 1.70. The predicted molar refractivity (Wildman–Crippen MR) is 121 cm³/mol. The van der Waals surface area contributed by atoms with Crippen molar-refractivity contribution in [2.24, 2.45) is 5.92 Å². The number of hydroxylamine groups is 1. The van der Waals surface area contributed by atoms with E-state index in [0.29, 0.717) is 31.1 Å². The number of carbonyl (C=O) groups excluding carboxylic acids is 3. The highest BCUT2D eigenvalue weighted by Crippen LogP contribution is 2.30. The van der Waals surface area contributed by atoms with Crippen LogP contribution in [0.3, 0.4) is 0 Å². The van der Waals surface area contributed by atoms with Gasteiger partial charge in [0.25, 0.3) is 0 Å². The summed E-state index contributed by atoms with van der Waals surface area (Å²) in [6.07, 6.45) is 3.43. The van der Waals surface area contributed by atoms with Crippen molar-refractivity contribution in [1.82, 2.24) is 10.4 Å². The van der Waals surface area contributed by atoms with E-state index < -0.39 is 12.6 Å². The van der Waals surface area contributed by atoms with Gasteiger partial charge < -0.3 is 10.0 Å². The molecule has 8 heteroatoms. The van der Waals surface area contributed by atoms with Gasteiger partial charge in [-0.1, -0.05) is 36.4 Å². The average molecular weight is 442 g/mol. The highest BCUT2D eigenvalue weighted by Gasteiger charge is 2.34. The Hall–Kier alpha value is -2.97. The van der Waals surface area contributed by atoms with E-state index in [2.05, 4.69) is 0 Å². The normalized spacial score (nSPS) is 15.4. The van der Waals surface area contributed by atoms with Crippen LogP contribution in [0.4, 0.5) is 5.69 Å². The molecule has 172 valence electrons. The number of hydrogen-bond donors (Lipinski definition) is 3. The summed E-state index contributed by atoms with van der Waals surface area (Å²) in [6.45, 7) is 2.05. The molecular weight excluding hydrogens is 410 g/mol. The van der Waals surface area contributed by atoms with Crippen LogP contribution in [-0.4, -0.2) is 58.7 Å². The van der Waals surface area contributed by atoms with Crippen LogP contribution in [0.25, 0.3) is 10.8 Å². The van der Waals surface area contributed by atoms with Crippen molar-refractivity contribution >= 4 is 34.2 Å². The molecule has 1 fully saturated rings. The van der Waals surface area contributed by atoms with E-state index in [4.69, 9.17) is 5.21 Å². The maximum absolute atomic E-state index is 13.3. The highest BCUT2D eigenvalue weighted by molar-refractivity contribution is 6.07. The molecule has 0 saturated carbocycles. The Bertz CT molecular complexity index is 950. The van der Waals surface area contributed by atoms with Crippen molar-refractivity contribution in [2.75, 3.05) is 24.6 Å². The Morgan fingerprint density at radius 2 is 1.81 bits per heavy atom. The fourth-order valence-electron chi connectivity index (χ4n) is 4.51. The Kier molecular flexibility index (Phi) is 8.19. The average Bonchev–Trinajstić information content (AvgIpc) is 2.82. The summed E-state index contributed by atoms with van der Waals surface area (Å²) in [5.41, 5.74) is 2.25. The Morgan fingerprint density at radius 1 is 1.12 bits per heavy atom. The van der Waals surface area contributed by atoms with Crippen LogP contribution in [-0.2, 0) is 14.4 Å². The van der Waals surface area contributed by atoms with Gasteiger partial charge in [0.1, 0.15) is 6.04 Å². The standard InChI is InChI=1S/C24H31N3O5/c1-17(29)27(21-10-5-8-19-7-2-3-9-20(19)21)22(16-28)24(31)26-14-12-18(13-15-26)6-4-11-23(30)25-32/h2-3,5,7-10,18,22,28,32H,4,6,11-16H2,1H3,(H,25,30). The monoisotopic (exact) mass is 441 g/mol. The van der Waals surface area contributed by atoms with E-state index >= 15 is 0 Å². The number of benzene rings is 2. The number of rotatable bonds is 8. The molecule has 3 rings (SSSR count). The van der Waals surface area contributed by atoms with Gasteiger partial charge in [0.15, 0.2) is 0 Å². The van der Waals surface area contributed by atoms with Gasteiger partial charge >= 0.3 is 0 Å². The summed E-state index contributed by atoms with van der Waals surface area (Å²) in [5.74, 6) is -0.541. The molecule has 0 radical (unpaired) electrons. The summed E-state index contributed by atoms with van der Waals surface area (Å²) in [5, 5.41) is 20.5. The summed E-state index contributed by atoms with van der Waals surface area (Å²) in [7, 11) is 0. The minimum absolute atomic E-state index is 0.256. The molecule has 0 aromatic heterocycles. The SMILES string of the molecule is CC(=O)N(c1cccc2ccccc12)C(CO)C(=O)N1CCC(CCCC(=O)NO)CC1. The second-order valence-electron chi connectivity index (χ2n) is 8.28. The van der Waals surface area contributed by atoms with E-state index in [-0.39, 0.29) is 24.1 Å². The summed E-state index contributed by atoms with van der Waals surface area (Å²) < 4.78 is 0. The molecule has 2 aromatic carbocycles. The van der Waals surface area contributed by atoms with Crippen LogP contribution in [0.15, 0.2) is 42.5 Å². The Labute approximate surface area is 187 Å². The minimum atomic E-state index is -0.983. The number of fused-ring (bicyclic) bond motifs is 1. The van der Waals surface area contributed by atoms with Gasteiger partial charge in [-0.05, 0) is 43.1 Å². The molecule has 0 aliphatic carbocycles. The maximum Gasteiger partial charge on any atom is 0.248 e. The fraction of sp³-hybridized carbons (Fsp3) is 0.458. The second kappa shape index (κ2) is 11.1. The van der Waals surface area contributed by atoms with E-state index in [1.165, 1.54) is 11.8 Å². The van der Waals surface area contributed by atoms with Crippen LogP contribution in [0.5, 0.6) is 0 Å². The minimum Gasteiger partial charge on any atom is -0.394 e. The van der Waals surface area contributed by atoms with Crippen LogP contribution >= 0.6 is 0 Å². The second-order valence-corrected chi connectivity index (χ2v) is 8.28. The summed E-state index contributed by atoms with van der Waals surface area (Å²) >= 11 is 0. The third-order valence-electron chi connectivity index (χ3n) is 6.20. The summed E-state index contributed by atoms with van der Waals surface area (Å²) in [4.78, 5) is 40.2. The smallest absolute Gasteiger partial charge is 0.248 e. The molecule has 1 atom stereocenters. The van der Waals surface area contributed by atoms with Gasteiger partial charge in [-0.3, -0.25) is 24.5 Å². The summed E-state index contributed by atoms with van der Waals surface area (Å²) in [6, 6.07) is 12.3. The number of aliphatic hydroxyl groups is 1. The first-order valence-electron chi connectivity index (χ1n) is 11.1. The maximum atomic E-state index is 13.3. The van der Waals surface area contributed by atoms with Gasteiger partial charge in [-0.25, -0.2) is 5.48 Å². The largest absolute Gasteiger partial charge is 0.394 e. The van der Waals surface area contributed by atoms with Crippen molar-refractivity contribution in [3.05, 3.63) is 42.5 Å². The van der Waals surface area contributed by atoms with E-state index in [0.717, 1.165) is 30.0 Å². The first kappa shape index (κ1) is 23.7. The topological polar surface area (TPSA) is 110 Å². The fourth-order valence-corrected chi connectivity index (χ4v) is 4.51. The Morgan fingerprint density at radius 3 is 2.47 bits per heavy atom. The van der Waals surface area contributed by atoms with Crippen LogP contribution in [0.2, 0.25) is 0 Å². The van der Waals surface area contributed by atoms with Crippen molar-refractivity contribution in [1.29, 1.82) is 0 Å². The lowest BCUT2D eigenvalue weighted by Crippen LogP contribution is -2.54. The molecule has 1 aliphatic rings. The van der Waals surface area contributed by atoms with Crippen LogP contribution < -0.4 is 10.4 Å². The number of nitrogens with zero attached hydrogens (tertiary/aromatic N) is 2. The van der Waals surface area contributed by atoms with Crippen molar-refractivity contribution < 1.29 is 24.7 Å². The number of likely N-dealkylation sites (tertiary alicyclic amines) is 1.